The van der Waals surface area contributed by atoms with Crippen LogP contribution in [0.15, 0.2) is 64.0 Å². The lowest BCUT2D eigenvalue weighted by atomic mass is 10.0. The average Bonchev–Trinajstić information content (AvgIpc) is 2.79. The molecule has 0 saturated carbocycles. The van der Waals surface area contributed by atoms with Crippen LogP contribution in [0.5, 0.6) is 5.75 Å². The van der Waals surface area contributed by atoms with Crippen molar-refractivity contribution in [1.29, 1.82) is 0 Å². The maximum Gasteiger partial charge on any atom is 0.338 e. The van der Waals surface area contributed by atoms with Crippen molar-refractivity contribution < 1.29 is 19.1 Å². The Morgan fingerprint density at radius 1 is 1.06 bits per heavy atom. The fourth-order valence-corrected chi connectivity index (χ4v) is 4.14. The highest BCUT2D eigenvalue weighted by molar-refractivity contribution is 9.10. The highest BCUT2D eigenvalue weighted by Crippen LogP contribution is 2.36. The Kier molecular flexibility index (Phi) is 8.23. The van der Waals surface area contributed by atoms with Gasteiger partial charge in [-0.2, -0.15) is 0 Å². The molecule has 6 nitrogen and oxygen atoms in total. The van der Waals surface area contributed by atoms with Crippen molar-refractivity contribution >= 4 is 39.3 Å². The molecule has 1 atom stereocenters. The van der Waals surface area contributed by atoms with Crippen molar-refractivity contribution in [2.75, 3.05) is 7.11 Å². The Hall–Kier alpha value is -2.90. The molecule has 1 heterocycles. The molecular weight excluding hydrogens is 534 g/mol. The Morgan fingerprint density at radius 3 is 2.31 bits per heavy atom. The van der Waals surface area contributed by atoms with Crippen LogP contribution < -0.4 is 10.3 Å². The Bertz CT molecular complexity index is 1310. The van der Waals surface area contributed by atoms with Crippen LogP contribution in [0.2, 0.25) is 5.02 Å². The van der Waals surface area contributed by atoms with Gasteiger partial charge in [0.05, 0.1) is 24.9 Å². The van der Waals surface area contributed by atoms with Gasteiger partial charge in [0, 0.05) is 33.1 Å². The number of hydrogen-bond acceptors (Lipinski definition) is 5. The highest BCUT2D eigenvalue weighted by atomic mass is 79.9. The van der Waals surface area contributed by atoms with Crippen molar-refractivity contribution in [3.8, 4) is 16.9 Å². The zero-order valence-corrected chi connectivity index (χ0v) is 22.6. The third-order valence-electron chi connectivity index (χ3n) is 5.33. The third-order valence-corrected chi connectivity index (χ3v) is 6.26. The zero-order valence-electron chi connectivity index (χ0n) is 20.2. The summed E-state index contributed by atoms with van der Waals surface area (Å²) < 4.78 is 13.0. The van der Waals surface area contributed by atoms with E-state index >= 15 is 0 Å². The summed E-state index contributed by atoms with van der Waals surface area (Å²) in [6.07, 6.45) is 1.64. The SMILES string of the molecule is COc1cn(C(C)C(=O)Cc2ccc(C(=O)OC(C)(C)C)cc2)c(=O)cc1-c1cc(Cl)ccc1Br. The van der Waals surface area contributed by atoms with E-state index in [0.717, 1.165) is 10.0 Å². The van der Waals surface area contributed by atoms with Gasteiger partial charge in [-0.25, -0.2) is 4.79 Å². The third kappa shape index (κ3) is 6.61. The number of ether oxygens (including phenoxy) is 2. The first-order chi connectivity index (χ1) is 16.4. The van der Waals surface area contributed by atoms with Gasteiger partial charge in [-0.15, -0.1) is 0 Å². The molecule has 3 aromatic rings. The van der Waals surface area contributed by atoms with Crippen molar-refractivity contribution in [3.63, 3.8) is 0 Å². The average molecular weight is 561 g/mol. The van der Waals surface area contributed by atoms with Crippen LogP contribution in [0.4, 0.5) is 0 Å². The monoisotopic (exact) mass is 559 g/mol. The summed E-state index contributed by atoms with van der Waals surface area (Å²) >= 11 is 9.63. The lowest BCUT2D eigenvalue weighted by molar-refractivity contribution is -0.121. The lowest BCUT2D eigenvalue weighted by Gasteiger charge is -2.19. The first-order valence-corrected chi connectivity index (χ1v) is 12.2. The molecule has 0 fully saturated rings. The minimum atomic E-state index is -0.723. The second-order valence-corrected chi connectivity index (χ2v) is 10.4. The molecule has 0 bridgehead atoms. The largest absolute Gasteiger partial charge is 0.495 e. The summed E-state index contributed by atoms with van der Waals surface area (Å²) in [5.41, 5.74) is 1.49. The minimum absolute atomic E-state index is 0.103. The molecule has 8 heteroatoms. The summed E-state index contributed by atoms with van der Waals surface area (Å²) in [6, 6.07) is 12.7. The van der Waals surface area contributed by atoms with Crippen molar-refractivity contribution in [1.82, 2.24) is 4.57 Å². The first kappa shape index (κ1) is 26.7. The smallest absolute Gasteiger partial charge is 0.338 e. The van der Waals surface area contributed by atoms with Crippen molar-refractivity contribution in [2.24, 2.45) is 0 Å². The number of benzene rings is 2. The quantitative estimate of drug-likeness (QED) is 0.319. The molecule has 2 aromatic carbocycles. The first-order valence-electron chi connectivity index (χ1n) is 11.0. The zero-order chi connectivity index (χ0) is 25.9. The summed E-state index contributed by atoms with van der Waals surface area (Å²) in [4.78, 5) is 38.2. The predicted molar refractivity (Wildman–Crippen MR) is 140 cm³/mol. The van der Waals surface area contributed by atoms with E-state index in [2.05, 4.69) is 15.9 Å². The number of pyridine rings is 1. The summed E-state index contributed by atoms with van der Waals surface area (Å²) in [5.74, 6) is -0.140. The molecular formula is C27H27BrClNO5. The number of aromatic nitrogens is 1. The van der Waals surface area contributed by atoms with E-state index in [9.17, 15) is 14.4 Å². The molecule has 184 valence electrons. The maximum absolute atomic E-state index is 13.0. The molecule has 0 aliphatic heterocycles. The molecule has 0 amide bonds. The Balaban J connectivity index is 1.82. The van der Waals surface area contributed by atoms with Gasteiger partial charge in [0.25, 0.3) is 5.56 Å². The van der Waals surface area contributed by atoms with Crippen LogP contribution in [-0.4, -0.2) is 29.0 Å². The molecule has 0 radical (unpaired) electrons. The van der Waals surface area contributed by atoms with Gasteiger partial charge in [0.2, 0.25) is 0 Å². The number of nitrogens with zero attached hydrogens (tertiary/aromatic N) is 1. The Labute approximate surface area is 218 Å². The number of Topliss-reactive ketones (excluding diaryl/α,β-unsaturated/α-hetero) is 1. The molecule has 0 spiro atoms. The summed E-state index contributed by atoms with van der Waals surface area (Å²) in [7, 11) is 1.50. The van der Waals surface area contributed by atoms with Gasteiger partial charge < -0.3 is 14.0 Å². The molecule has 0 aliphatic carbocycles. The van der Waals surface area contributed by atoms with E-state index in [0.29, 0.717) is 27.5 Å². The number of hydrogen-bond donors (Lipinski definition) is 0. The van der Waals surface area contributed by atoms with Gasteiger partial charge in [0.1, 0.15) is 11.4 Å². The van der Waals surface area contributed by atoms with E-state index in [-0.39, 0.29) is 17.8 Å². The van der Waals surface area contributed by atoms with Crippen LogP contribution in [0.1, 0.15) is 49.7 Å². The van der Waals surface area contributed by atoms with Crippen LogP contribution in [0.3, 0.4) is 0 Å². The molecule has 1 aromatic heterocycles. The molecule has 1 unspecified atom stereocenters. The van der Waals surface area contributed by atoms with E-state index in [1.165, 1.54) is 17.7 Å². The summed E-state index contributed by atoms with van der Waals surface area (Å²) in [5, 5.41) is 0.524. The Morgan fingerprint density at radius 2 is 1.71 bits per heavy atom. The number of carbonyl (C=O) groups excluding carboxylic acids is 2. The summed E-state index contributed by atoms with van der Waals surface area (Å²) in [6.45, 7) is 7.08. The predicted octanol–water partition coefficient (Wildman–Crippen LogP) is 6.27. The van der Waals surface area contributed by atoms with E-state index in [1.807, 2.05) is 0 Å². The maximum atomic E-state index is 13.0. The van der Waals surface area contributed by atoms with Crippen molar-refractivity contribution in [3.05, 3.63) is 85.7 Å². The van der Waals surface area contributed by atoms with E-state index in [4.69, 9.17) is 21.1 Å². The van der Waals surface area contributed by atoms with Crippen LogP contribution in [-0.2, 0) is 16.0 Å². The van der Waals surface area contributed by atoms with Crippen LogP contribution >= 0.6 is 27.5 Å². The minimum Gasteiger partial charge on any atom is -0.495 e. The number of ketones is 1. The van der Waals surface area contributed by atoms with Gasteiger partial charge in [-0.1, -0.05) is 39.7 Å². The molecule has 0 N–H and O–H groups in total. The number of rotatable bonds is 7. The van der Waals surface area contributed by atoms with Gasteiger partial charge in [-0.05, 0) is 63.6 Å². The van der Waals surface area contributed by atoms with Crippen LogP contribution in [0.25, 0.3) is 11.1 Å². The van der Waals surface area contributed by atoms with Gasteiger partial charge in [0.15, 0.2) is 5.78 Å². The topological polar surface area (TPSA) is 74.6 Å². The molecule has 0 aliphatic rings. The number of methoxy groups -OCH3 is 1. The van der Waals surface area contributed by atoms with Gasteiger partial charge >= 0.3 is 5.97 Å². The second kappa shape index (κ2) is 10.8. The standard InChI is InChI=1S/C27H27BrClNO5/c1-16(23(31)12-17-6-8-18(9-7-17)26(33)35-27(2,3)4)30-15-24(34-5)21(14-25(30)32)20-13-19(29)10-11-22(20)28/h6-11,13-16H,12H2,1-5H3. The fourth-order valence-electron chi connectivity index (χ4n) is 3.51. The molecule has 3 rings (SSSR count). The fraction of sp³-hybridized carbons (Fsp3) is 0.296. The number of halogens is 2. The highest BCUT2D eigenvalue weighted by Gasteiger charge is 2.21. The normalized spacial score (nSPS) is 12.2. The van der Waals surface area contributed by atoms with Gasteiger partial charge in [-0.3, -0.25) is 9.59 Å². The van der Waals surface area contributed by atoms with E-state index < -0.39 is 17.6 Å². The van der Waals surface area contributed by atoms with E-state index in [1.54, 1.807) is 76.4 Å². The number of carbonyl (C=O) groups is 2. The molecule has 35 heavy (non-hydrogen) atoms. The van der Waals surface area contributed by atoms with Crippen LogP contribution in [0, 0.1) is 0 Å². The molecule has 0 saturated heterocycles. The van der Waals surface area contributed by atoms with Crippen molar-refractivity contribution in [2.45, 2.75) is 45.8 Å². The lowest BCUT2D eigenvalue weighted by Crippen LogP contribution is -2.28. The second-order valence-electron chi connectivity index (χ2n) is 9.14. The number of esters is 1.